The second-order valence-corrected chi connectivity index (χ2v) is 5.94. The Balaban J connectivity index is 2.23. The summed E-state index contributed by atoms with van der Waals surface area (Å²) in [5.41, 5.74) is 0. The van der Waals surface area contributed by atoms with E-state index in [4.69, 9.17) is 5.11 Å². The second kappa shape index (κ2) is 6.00. The fourth-order valence-electron chi connectivity index (χ4n) is 1.81. The van der Waals surface area contributed by atoms with Crippen molar-refractivity contribution in [2.45, 2.75) is 19.4 Å². The van der Waals surface area contributed by atoms with E-state index in [1.807, 2.05) is 0 Å². The highest BCUT2D eigenvalue weighted by Crippen LogP contribution is 2.18. The number of likely N-dealkylation sites (tertiary alicyclic amines) is 1. The summed E-state index contributed by atoms with van der Waals surface area (Å²) in [5.74, 6) is -0.336. The average Bonchev–Trinajstić information content (AvgIpc) is 2.07. The molecule has 0 saturated carbocycles. The van der Waals surface area contributed by atoms with Crippen LogP contribution in [0.3, 0.4) is 0 Å². The fourth-order valence-corrected chi connectivity index (χ4v) is 2.60. The molecule has 1 aliphatic heterocycles. The summed E-state index contributed by atoms with van der Waals surface area (Å²) in [7, 11) is -0.935. The molecule has 0 aromatic carbocycles. The first-order chi connectivity index (χ1) is 7.88. The van der Waals surface area contributed by atoms with E-state index in [0.29, 0.717) is 18.8 Å². The lowest BCUT2D eigenvalue weighted by Gasteiger charge is -2.39. The number of nitrogens with one attached hydrogen (secondary N) is 1. The van der Waals surface area contributed by atoms with Gasteiger partial charge in [0.25, 0.3) is 0 Å². The van der Waals surface area contributed by atoms with Gasteiger partial charge in [0.05, 0.1) is 6.42 Å². The minimum atomic E-state index is -0.935. The Bertz CT molecular complexity index is 328. The Hall–Kier alpha value is -1.11. The molecule has 1 aliphatic rings. The molecule has 6 nitrogen and oxygen atoms in total. The number of hydrogen-bond acceptors (Lipinski definition) is 3. The van der Waals surface area contributed by atoms with Gasteiger partial charge in [-0.25, -0.2) is 4.79 Å². The van der Waals surface area contributed by atoms with Crippen LogP contribution in [0.5, 0.6) is 0 Å². The third-order valence-corrected chi connectivity index (χ3v) is 3.53. The molecule has 2 amide bonds. The van der Waals surface area contributed by atoms with E-state index in [2.05, 4.69) is 5.32 Å². The quantitative estimate of drug-likeness (QED) is 0.722. The Morgan fingerprint density at radius 2 is 2.12 bits per heavy atom. The minimum Gasteiger partial charge on any atom is -0.481 e. The van der Waals surface area contributed by atoms with Gasteiger partial charge in [-0.3, -0.25) is 9.00 Å². The zero-order valence-electron chi connectivity index (χ0n) is 10.0. The minimum absolute atomic E-state index is 0.0638. The number of urea groups is 1. The third kappa shape index (κ3) is 4.72. The van der Waals surface area contributed by atoms with Crippen LogP contribution >= 0.6 is 0 Å². The lowest BCUT2D eigenvalue weighted by molar-refractivity contribution is -0.139. The number of rotatable bonds is 5. The summed E-state index contributed by atoms with van der Waals surface area (Å²) in [4.78, 5) is 23.6. The highest BCUT2D eigenvalue weighted by molar-refractivity contribution is 7.84. The van der Waals surface area contributed by atoms with Gasteiger partial charge in [0.15, 0.2) is 0 Å². The van der Waals surface area contributed by atoms with Gasteiger partial charge >= 0.3 is 12.0 Å². The molecule has 1 saturated heterocycles. The maximum absolute atomic E-state index is 11.6. The van der Waals surface area contributed by atoms with Crippen molar-refractivity contribution < 1.29 is 18.9 Å². The van der Waals surface area contributed by atoms with Crippen molar-refractivity contribution >= 4 is 22.8 Å². The van der Waals surface area contributed by atoms with Gasteiger partial charge < -0.3 is 15.3 Å². The first-order valence-electron chi connectivity index (χ1n) is 5.45. The Labute approximate surface area is 103 Å². The normalized spacial score (nSPS) is 19.3. The van der Waals surface area contributed by atoms with Crippen molar-refractivity contribution in [2.75, 3.05) is 25.1 Å². The van der Waals surface area contributed by atoms with E-state index in [-0.39, 0.29) is 24.4 Å². The van der Waals surface area contributed by atoms with Crippen molar-refractivity contribution in [1.29, 1.82) is 0 Å². The molecule has 17 heavy (non-hydrogen) atoms. The van der Waals surface area contributed by atoms with Crippen LogP contribution in [0.15, 0.2) is 0 Å². The summed E-state index contributed by atoms with van der Waals surface area (Å²) in [6.45, 7) is 2.77. The van der Waals surface area contributed by atoms with Gasteiger partial charge in [-0.05, 0) is 6.92 Å². The first-order valence-corrected chi connectivity index (χ1v) is 7.18. The lowest BCUT2D eigenvalue weighted by Crippen LogP contribution is -2.56. The number of aliphatic carboxylic acids is 1. The maximum atomic E-state index is 11.6. The Morgan fingerprint density at radius 1 is 1.53 bits per heavy atom. The molecule has 0 spiro atoms. The van der Waals surface area contributed by atoms with Crippen LogP contribution < -0.4 is 5.32 Å². The van der Waals surface area contributed by atoms with E-state index in [0.717, 1.165) is 0 Å². The maximum Gasteiger partial charge on any atom is 0.317 e. The van der Waals surface area contributed by atoms with Gasteiger partial charge in [0.1, 0.15) is 0 Å². The predicted octanol–water partition coefficient (Wildman–Crippen LogP) is -0.130. The highest BCUT2D eigenvalue weighted by atomic mass is 32.2. The number of carbonyl (C=O) groups excluding carboxylic acids is 1. The number of nitrogens with zero attached hydrogens (tertiary/aromatic N) is 1. The third-order valence-electron chi connectivity index (χ3n) is 2.56. The van der Waals surface area contributed by atoms with E-state index >= 15 is 0 Å². The molecule has 2 unspecified atom stereocenters. The van der Waals surface area contributed by atoms with E-state index < -0.39 is 16.8 Å². The summed E-state index contributed by atoms with van der Waals surface area (Å²) >= 11 is 0. The molecule has 0 aromatic heterocycles. The molecule has 98 valence electrons. The molecular formula is C10H18N2O4S. The summed E-state index contributed by atoms with van der Waals surface area (Å²) in [5, 5.41) is 11.3. The van der Waals surface area contributed by atoms with E-state index in [1.165, 1.54) is 0 Å². The lowest BCUT2D eigenvalue weighted by atomic mass is 9.97. The van der Waals surface area contributed by atoms with Crippen molar-refractivity contribution in [2.24, 2.45) is 5.92 Å². The van der Waals surface area contributed by atoms with Crippen LogP contribution in [0.4, 0.5) is 4.79 Å². The Kier molecular flexibility index (Phi) is 4.92. The molecule has 1 heterocycles. The first kappa shape index (κ1) is 14.0. The van der Waals surface area contributed by atoms with Gasteiger partial charge in [-0.1, -0.05) is 0 Å². The van der Waals surface area contributed by atoms with Crippen LogP contribution in [0, 0.1) is 5.92 Å². The van der Waals surface area contributed by atoms with Crippen LogP contribution in [-0.4, -0.2) is 57.4 Å². The van der Waals surface area contributed by atoms with Crippen molar-refractivity contribution in [3.8, 4) is 0 Å². The molecule has 0 radical (unpaired) electrons. The van der Waals surface area contributed by atoms with Crippen molar-refractivity contribution in [3.05, 3.63) is 0 Å². The molecule has 0 aromatic rings. The van der Waals surface area contributed by atoms with Crippen LogP contribution in [-0.2, 0) is 15.6 Å². The van der Waals surface area contributed by atoms with Gasteiger partial charge in [-0.2, -0.15) is 0 Å². The second-order valence-electron chi connectivity index (χ2n) is 4.46. The van der Waals surface area contributed by atoms with Crippen molar-refractivity contribution in [3.63, 3.8) is 0 Å². The zero-order valence-corrected chi connectivity index (χ0v) is 10.8. The zero-order chi connectivity index (χ0) is 13.0. The Morgan fingerprint density at radius 3 is 2.59 bits per heavy atom. The molecule has 0 aliphatic carbocycles. The van der Waals surface area contributed by atoms with Gasteiger partial charge in [-0.15, -0.1) is 0 Å². The van der Waals surface area contributed by atoms with E-state index in [9.17, 15) is 13.8 Å². The topological polar surface area (TPSA) is 86.7 Å². The molecule has 0 bridgehead atoms. The largest absolute Gasteiger partial charge is 0.481 e. The molecule has 1 fully saturated rings. The monoisotopic (exact) mass is 262 g/mol. The summed E-state index contributed by atoms with van der Waals surface area (Å²) in [6.07, 6.45) is 1.70. The summed E-state index contributed by atoms with van der Waals surface area (Å²) < 4.78 is 10.9. The molecule has 7 heteroatoms. The number of carbonyl (C=O) groups is 2. The molecular weight excluding hydrogens is 244 g/mol. The number of hydrogen-bond donors (Lipinski definition) is 2. The molecule has 1 rings (SSSR count). The summed E-state index contributed by atoms with van der Waals surface area (Å²) in [6, 6.07) is -0.337. The number of amides is 2. The molecule has 2 atom stereocenters. The standard InChI is InChI=1S/C10H18N2O4S/c1-7(6-17(2)16)11-10(15)12-4-8(5-12)3-9(13)14/h7-8H,3-6H2,1-2H3,(H,11,15)(H,13,14). The highest BCUT2D eigenvalue weighted by Gasteiger charge is 2.32. The SMILES string of the molecule is CC(CS(C)=O)NC(=O)N1CC(CC(=O)O)C1. The smallest absolute Gasteiger partial charge is 0.317 e. The average molecular weight is 262 g/mol. The van der Waals surface area contributed by atoms with Crippen molar-refractivity contribution in [1.82, 2.24) is 10.2 Å². The molecule has 2 N–H and O–H groups in total. The van der Waals surface area contributed by atoms with Crippen LogP contribution in [0.1, 0.15) is 13.3 Å². The predicted molar refractivity (Wildman–Crippen MR) is 64.2 cm³/mol. The fraction of sp³-hybridized carbons (Fsp3) is 0.800. The van der Waals surface area contributed by atoms with Gasteiger partial charge in [0.2, 0.25) is 0 Å². The van der Waals surface area contributed by atoms with Gasteiger partial charge in [0, 0.05) is 47.9 Å². The van der Waals surface area contributed by atoms with E-state index in [1.54, 1.807) is 18.1 Å². The van der Waals surface area contributed by atoms with Crippen LogP contribution in [0.25, 0.3) is 0 Å². The number of carboxylic acid groups (broad SMARTS) is 1. The van der Waals surface area contributed by atoms with Crippen LogP contribution in [0.2, 0.25) is 0 Å². The number of carboxylic acids is 1.